The van der Waals surface area contributed by atoms with Crippen LogP contribution in [0.25, 0.3) is 0 Å². The van der Waals surface area contributed by atoms with E-state index in [1.165, 1.54) is 0 Å². The third-order valence-electron chi connectivity index (χ3n) is 3.63. The first-order valence-electron chi connectivity index (χ1n) is 6.40. The van der Waals surface area contributed by atoms with Gasteiger partial charge in [0.2, 0.25) is 0 Å². The van der Waals surface area contributed by atoms with Gasteiger partial charge in [0.15, 0.2) is 0 Å². The summed E-state index contributed by atoms with van der Waals surface area (Å²) >= 11 is 12.1. The summed E-state index contributed by atoms with van der Waals surface area (Å²) in [5.74, 6) is 0. The van der Waals surface area contributed by atoms with E-state index in [0.29, 0.717) is 16.6 Å². The zero-order valence-electron chi connectivity index (χ0n) is 10.7. The van der Waals surface area contributed by atoms with Gasteiger partial charge in [-0.3, -0.25) is 4.90 Å². The molecule has 0 aliphatic carbocycles. The Balaban J connectivity index is 1.87. The Morgan fingerprint density at radius 1 is 1.15 bits per heavy atom. The first-order valence-corrected chi connectivity index (χ1v) is 7.15. The molecular formula is C16H13Cl2NO. The second-order valence-electron chi connectivity index (χ2n) is 4.93. The van der Waals surface area contributed by atoms with Crippen LogP contribution < -0.4 is 0 Å². The monoisotopic (exact) mass is 305 g/mol. The van der Waals surface area contributed by atoms with Gasteiger partial charge in [-0.15, -0.1) is 0 Å². The molecule has 0 fully saturated rings. The highest BCUT2D eigenvalue weighted by Crippen LogP contribution is 2.37. The van der Waals surface area contributed by atoms with Crippen LogP contribution in [0.3, 0.4) is 0 Å². The minimum Gasteiger partial charge on any atom is -0.301 e. The number of halogens is 2. The van der Waals surface area contributed by atoms with Crippen molar-refractivity contribution in [2.45, 2.75) is 19.1 Å². The number of carbonyl (C=O) groups is 1. The van der Waals surface area contributed by atoms with Crippen LogP contribution >= 0.6 is 23.2 Å². The Morgan fingerprint density at radius 3 is 2.60 bits per heavy atom. The Bertz CT molecular complexity index is 639. The molecule has 0 aromatic heterocycles. The Morgan fingerprint density at radius 2 is 1.90 bits per heavy atom. The summed E-state index contributed by atoms with van der Waals surface area (Å²) in [6.07, 6.45) is 0.966. The Kier molecular flexibility index (Phi) is 3.79. The zero-order chi connectivity index (χ0) is 14.1. The van der Waals surface area contributed by atoms with Gasteiger partial charge in [0.05, 0.1) is 6.04 Å². The molecule has 1 heterocycles. The molecule has 0 bridgehead atoms. The molecule has 4 heteroatoms. The van der Waals surface area contributed by atoms with Crippen molar-refractivity contribution in [3.05, 3.63) is 69.2 Å². The van der Waals surface area contributed by atoms with E-state index in [1.54, 1.807) is 0 Å². The number of hydrogen-bond donors (Lipinski definition) is 0. The third-order valence-corrected chi connectivity index (χ3v) is 4.22. The van der Waals surface area contributed by atoms with Gasteiger partial charge in [-0.1, -0.05) is 47.5 Å². The highest BCUT2D eigenvalue weighted by Gasteiger charge is 2.31. The van der Waals surface area contributed by atoms with Gasteiger partial charge in [0, 0.05) is 23.1 Å². The topological polar surface area (TPSA) is 20.3 Å². The molecule has 2 nitrogen and oxygen atoms in total. The predicted molar refractivity (Wildman–Crippen MR) is 81.0 cm³/mol. The Labute approximate surface area is 127 Å². The molecule has 0 radical (unpaired) electrons. The maximum atomic E-state index is 11.5. The standard InChI is InChI=1S/C16H13Cl2NO/c17-13-6-4-11(5-7-13)8-19-9-12-2-1-3-14(18)16(12)15(19)10-20/h1-7,10,15H,8-9H2. The summed E-state index contributed by atoms with van der Waals surface area (Å²) in [6, 6.07) is 13.2. The predicted octanol–water partition coefficient (Wildman–Crippen LogP) is 4.25. The van der Waals surface area contributed by atoms with Crippen LogP contribution in [0.5, 0.6) is 0 Å². The highest BCUT2D eigenvalue weighted by molar-refractivity contribution is 6.31. The summed E-state index contributed by atoms with van der Waals surface area (Å²) in [5, 5.41) is 1.38. The maximum Gasteiger partial charge on any atom is 0.141 e. The molecule has 0 saturated heterocycles. The molecule has 20 heavy (non-hydrogen) atoms. The number of benzene rings is 2. The van der Waals surface area contributed by atoms with Crippen LogP contribution in [0.2, 0.25) is 10.0 Å². The number of carbonyl (C=O) groups excluding carboxylic acids is 1. The van der Waals surface area contributed by atoms with Crippen molar-refractivity contribution in [3.63, 3.8) is 0 Å². The normalized spacial score (nSPS) is 18.0. The summed E-state index contributed by atoms with van der Waals surface area (Å²) in [5.41, 5.74) is 3.20. The third kappa shape index (κ3) is 2.47. The van der Waals surface area contributed by atoms with E-state index in [4.69, 9.17) is 23.2 Å². The van der Waals surface area contributed by atoms with Gasteiger partial charge in [0.25, 0.3) is 0 Å². The van der Waals surface area contributed by atoms with Crippen molar-refractivity contribution in [2.75, 3.05) is 0 Å². The van der Waals surface area contributed by atoms with E-state index in [1.807, 2.05) is 42.5 Å². The molecule has 1 unspecified atom stereocenters. The van der Waals surface area contributed by atoms with Crippen LogP contribution in [-0.4, -0.2) is 11.2 Å². The van der Waals surface area contributed by atoms with E-state index in [-0.39, 0.29) is 6.04 Å². The first-order chi connectivity index (χ1) is 9.69. The molecule has 0 amide bonds. The van der Waals surface area contributed by atoms with E-state index >= 15 is 0 Å². The number of hydrogen-bond acceptors (Lipinski definition) is 2. The molecule has 0 N–H and O–H groups in total. The minimum absolute atomic E-state index is 0.269. The molecule has 0 spiro atoms. The first kappa shape index (κ1) is 13.6. The molecule has 102 valence electrons. The average molecular weight is 306 g/mol. The second kappa shape index (κ2) is 5.57. The summed E-state index contributed by atoms with van der Waals surface area (Å²) in [7, 11) is 0. The fourth-order valence-corrected chi connectivity index (χ4v) is 3.12. The largest absolute Gasteiger partial charge is 0.301 e. The quantitative estimate of drug-likeness (QED) is 0.790. The van der Waals surface area contributed by atoms with E-state index < -0.39 is 0 Å². The number of nitrogens with zero attached hydrogens (tertiary/aromatic N) is 1. The smallest absolute Gasteiger partial charge is 0.141 e. The minimum atomic E-state index is -0.269. The van der Waals surface area contributed by atoms with E-state index in [2.05, 4.69) is 4.90 Å². The second-order valence-corrected chi connectivity index (χ2v) is 5.77. The number of aldehydes is 1. The van der Waals surface area contributed by atoms with Gasteiger partial charge in [0.1, 0.15) is 6.29 Å². The van der Waals surface area contributed by atoms with E-state index in [9.17, 15) is 4.79 Å². The van der Waals surface area contributed by atoms with Gasteiger partial charge in [-0.25, -0.2) is 0 Å². The summed E-state index contributed by atoms with van der Waals surface area (Å²) in [6.45, 7) is 1.44. The van der Waals surface area contributed by atoms with Crippen LogP contribution in [-0.2, 0) is 17.9 Å². The Hall–Kier alpha value is -1.35. The molecule has 0 saturated carbocycles. The fraction of sp³-hybridized carbons (Fsp3) is 0.188. The lowest BCUT2D eigenvalue weighted by molar-refractivity contribution is -0.112. The van der Waals surface area contributed by atoms with Crippen molar-refractivity contribution in [3.8, 4) is 0 Å². The van der Waals surface area contributed by atoms with Crippen molar-refractivity contribution >= 4 is 29.5 Å². The summed E-state index contributed by atoms with van der Waals surface area (Å²) in [4.78, 5) is 13.6. The number of rotatable bonds is 3. The lowest BCUT2D eigenvalue weighted by Gasteiger charge is -2.20. The average Bonchev–Trinajstić information content (AvgIpc) is 2.80. The molecule has 1 aliphatic heterocycles. The van der Waals surface area contributed by atoms with Crippen LogP contribution in [0.4, 0.5) is 0 Å². The maximum absolute atomic E-state index is 11.5. The van der Waals surface area contributed by atoms with Crippen LogP contribution in [0.1, 0.15) is 22.7 Å². The number of fused-ring (bicyclic) bond motifs is 1. The molecule has 2 aromatic rings. The van der Waals surface area contributed by atoms with Crippen molar-refractivity contribution in [1.29, 1.82) is 0 Å². The van der Waals surface area contributed by atoms with Crippen molar-refractivity contribution in [1.82, 2.24) is 4.90 Å². The van der Waals surface area contributed by atoms with Crippen LogP contribution in [0, 0.1) is 0 Å². The zero-order valence-corrected chi connectivity index (χ0v) is 12.2. The highest BCUT2D eigenvalue weighted by atomic mass is 35.5. The molecule has 2 aromatic carbocycles. The van der Waals surface area contributed by atoms with Gasteiger partial charge >= 0.3 is 0 Å². The molecule has 1 atom stereocenters. The molecular weight excluding hydrogens is 293 g/mol. The van der Waals surface area contributed by atoms with Gasteiger partial charge < -0.3 is 4.79 Å². The SMILES string of the molecule is O=CC1c2c(Cl)cccc2CN1Cc1ccc(Cl)cc1. The lowest BCUT2D eigenvalue weighted by Crippen LogP contribution is -2.22. The molecule has 1 aliphatic rings. The van der Waals surface area contributed by atoms with E-state index in [0.717, 1.165) is 29.5 Å². The van der Waals surface area contributed by atoms with Crippen molar-refractivity contribution in [2.24, 2.45) is 0 Å². The fourth-order valence-electron chi connectivity index (χ4n) is 2.68. The van der Waals surface area contributed by atoms with Crippen molar-refractivity contribution < 1.29 is 4.79 Å². The summed E-state index contributed by atoms with van der Waals surface area (Å²) < 4.78 is 0. The van der Waals surface area contributed by atoms with Crippen LogP contribution in [0.15, 0.2) is 42.5 Å². The lowest BCUT2D eigenvalue weighted by atomic mass is 10.1. The van der Waals surface area contributed by atoms with Gasteiger partial charge in [-0.05, 0) is 34.9 Å². The molecule has 3 rings (SSSR count). The van der Waals surface area contributed by atoms with Gasteiger partial charge in [-0.2, -0.15) is 0 Å².